The standard InChI is InChI=1S/C12H14ClNOS/c1-9-11(6-7-12(13)14-9)5-3-4-8-16-10(2)15/h3,5-7H,4,8H2,1-2H3. The third-order valence-corrected chi connectivity index (χ3v) is 3.04. The van der Waals surface area contributed by atoms with E-state index in [1.54, 1.807) is 13.0 Å². The lowest BCUT2D eigenvalue weighted by atomic mass is 10.2. The second-order valence-corrected chi connectivity index (χ2v) is 5.00. The molecule has 0 aliphatic carbocycles. The average Bonchev–Trinajstić information content (AvgIpc) is 2.20. The van der Waals surface area contributed by atoms with E-state index in [-0.39, 0.29) is 5.12 Å². The number of aromatic nitrogens is 1. The van der Waals surface area contributed by atoms with Crippen molar-refractivity contribution in [3.63, 3.8) is 0 Å². The van der Waals surface area contributed by atoms with E-state index in [1.165, 1.54) is 11.8 Å². The Hall–Kier alpha value is -0.800. The monoisotopic (exact) mass is 255 g/mol. The highest BCUT2D eigenvalue weighted by Gasteiger charge is 1.96. The van der Waals surface area contributed by atoms with Gasteiger partial charge in [0.2, 0.25) is 0 Å². The number of hydrogen-bond donors (Lipinski definition) is 0. The number of aryl methyl sites for hydroxylation is 1. The van der Waals surface area contributed by atoms with Crippen LogP contribution in [-0.2, 0) is 4.79 Å². The molecular formula is C12H14ClNOS. The molecule has 1 heterocycles. The molecule has 0 atom stereocenters. The number of halogens is 1. The largest absolute Gasteiger partial charge is 0.288 e. The fourth-order valence-electron chi connectivity index (χ4n) is 1.20. The predicted molar refractivity (Wildman–Crippen MR) is 70.8 cm³/mol. The summed E-state index contributed by atoms with van der Waals surface area (Å²) in [5.41, 5.74) is 1.99. The van der Waals surface area contributed by atoms with Gasteiger partial charge in [0.25, 0.3) is 0 Å². The van der Waals surface area contributed by atoms with Crippen LogP contribution in [0.1, 0.15) is 24.6 Å². The first-order chi connectivity index (χ1) is 7.59. The topological polar surface area (TPSA) is 30.0 Å². The Balaban J connectivity index is 2.47. The second-order valence-electron chi connectivity index (χ2n) is 3.34. The molecule has 0 unspecified atom stereocenters. The zero-order valence-electron chi connectivity index (χ0n) is 9.37. The first-order valence-corrected chi connectivity index (χ1v) is 6.39. The van der Waals surface area contributed by atoms with Crippen LogP contribution >= 0.6 is 23.4 Å². The summed E-state index contributed by atoms with van der Waals surface area (Å²) in [6, 6.07) is 3.72. The van der Waals surface area contributed by atoms with Crippen LogP contribution in [0.25, 0.3) is 6.08 Å². The Labute approximate surface area is 105 Å². The number of allylic oxidation sites excluding steroid dienone is 1. The molecule has 0 saturated carbocycles. The third kappa shape index (κ3) is 4.81. The predicted octanol–water partition coefficient (Wildman–Crippen LogP) is 3.73. The maximum atomic E-state index is 10.7. The summed E-state index contributed by atoms with van der Waals surface area (Å²) in [6.07, 6.45) is 4.94. The minimum absolute atomic E-state index is 0.165. The van der Waals surface area contributed by atoms with Crippen LogP contribution in [0.3, 0.4) is 0 Å². The van der Waals surface area contributed by atoms with Gasteiger partial charge in [-0.15, -0.1) is 0 Å². The molecule has 0 amide bonds. The maximum absolute atomic E-state index is 10.7. The highest BCUT2D eigenvalue weighted by molar-refractivity contribution is 8.13. The number of nitrogens with zero attached hydrogens (tertiary/aromatic N) is 1. The van der Waals surface area contributed by atoms with Gasteiger partial charge < -0.3 is 0 Å². The maximum Gasteiger partial charge on any atom is 0.185 e. The molecule has 2 nitrogen and oxygen atoms in total. The van der Waals surface area contributed by atoms with E-state index in [4.69, 9.17) is 11.6 Å². The number of carbonyl (C=O) groups excluding carboxylic acids is 1. The first kappa shape index (κ1) is 13.3. The highest BCUT2D eigenvalue weighted by Crippen LogP contribution is 2.13. The van der Waals surface area contributed by atoms with Crippen molar-refractivity contribution in [2.75, 3.05) is 5.75 Å². The zero-order valence-corrected chi connectivity index (χ0v) is 10.9. The molecule has 16 heavy (non-hydrogen) atoms. The van der Waals surface area contributed by atoms with Gasteiger partial charge in [0, 0.05) is 18.4 Å². The molecule has 0 fully saturated rings. The molecular weight excluding hydrogens is 242 g/mol. The normalized spacial score (nSPS) is 10.9. The van der Waals surface area contributed by atoms with E-state index in [0.29, 0.717) is 5.15 Å². The Morgan fingerprint density at radius 3 is 2.94 bits per heavy atom. The molecule has 1 aromatic heterocycles. The highest BCUT2D eigenvalue weighted by atomic mass is 35.5. The minimum atomic E-state index is 0.165. The van der Waals surface area contributed by atoms with E-state index >= 15 is 0 Å². The molecule has 1 rings (SSSR count). The zero-order chi connectivity index (χ0) is 12.0. The van der Waals surface area contributed by atoms with Crippen molar-refractivity contribution in [2.45, 2.75) is 20.3 Å². The molecule has 1 aromatic rings. The molecule has 0 spiro atoms. The molecule has 0 aliphatic heterocycles. The number of rotatable bonds is 4. The molecule has 86 valence electrons. The number of hydrogen-bond acceptors (Lipinski definition) is 3. The smallest absolute Gasteiger partial charge is 0.185 e. The van der Waals surface area contributed by atoms with Gasteiger partial charge in [0.1, 0.15) is 5.15 Å². The lowest BCUT2D eigenvalue weighted by molar-refractivity contribution is -0.109. The Morgan fingerprint density at radius 2 is 2.31 bits per heavy atom. The second kappa shape index (κ2) is 6.71. The van der Waals surface area contributed by atoms with Crippen LogP contribution < -0.4 is 0 Å². The molecule has 0 radical (unpaired) electrons. The van der Waals surface area contributed by atoms with Crippen molar-refractivity contribution in [1.82, 2.24) is 4.98 Å². The van der Waals surface area contributed by atoms with Crippen molar-refractivity contribution < 1.29 is 4.79 Å². The molecule has 0 aromatic carbocycles. The van der Waals surface area contributed by atoms with Gasteiger partial charge in [-0.2, -0.15) is 0 Å². The van der Waals surface area contributed by atoms with Crippen LogP contribution in [0.5, 0.6) is 0 Å². The van der Waals surface area contributed by atoms with Crippen LogP contribution in [0.4, 0.5) is 0 Å². The van der Waals surface area contributed by atoms with Crippen LogP contribution in [0.2, 0.25) is 5.15 Å². The number of thioether (sulfide) groups is 1. The summed E-state index contributed by atoms with van der Waals surface area (Å²) in [7, 11) is 0. The summed E-state index contributed by atoms with van der Waals surface area (Å²) < 4.78 is 0. The summed E-state index contributed by atoms with van der Waals surface area (Å²) in [6.45, 7) is 3.51. The fraction of sp³-hybridized carbons (Fsp3) is 0.333. The van der Waals surface area contributed by atoms with Gasteiger partial charge in [0.15, 0.2) is 5.12 Å². The molecule has 0 aliphatic rings. The van der Waals surface area contributed by atoms with E-state index in [0.717, 1.165) is 23.4 Å². The van der Waals surface area contributed by atoms with E-state index in [9.17, 15) is 4.79 Å². The van der Waals surface area contributed by atoms with Crippen LogP contribution in [0, 0.1) is 6.92 Å². The van der Waals surface area contributed by atoms with Crippen molar-refractivity contribution in [2.24, 2.45) is 0 Å². The molecule has 4 heteroatoms. The van der Waals surface area contributed by atoms with Gasteiger partial charge in [-0.25, -0.2) is 4.98 Å². The van der Waals surface area contributed by atoms with Gasteiger partial charge in [-0.3, -0.25) is 4.79 Å². The summed E-state index contributed by atoms with van der Waals surface area (Å²) in [5.74, 6) is 0.825. The lowest BCUT2D eigenvalue weighted by Gasteiger charge is -1.99. The molecule has 0 bridgehead atoms. The van der Waals surface area contributed by atoms with E-state index in [1.807, 2.05) is 25.1 Å². The quantitative estimate of drug-likeness (QED) is 0.607. The Bertz CT molecular complexity index is 404. The SMILES string of the molecule is CC(=O)SCCC=Cc1ccc(Cl)nc1C. The van der Waals surface area contributed by atoms with Crippen molar-refractivity contribution in [3.8, 4) is 0 Å². The van der Waals surface area contributed by atoms with Gasteiger partial charge in [-0.1, -0.05) is 41.6 Å². The van der Waals surface area contributed by atoms with Crippen LogP contribution in [0.15, 0.2) is 18.2 Å². The fourth-order valence-corrected chi connectivity index (χ4v) is 1.93. The van der Waals surface area contributed by atoms with E-state index < -0.39 is 0 Å². The number of pyridine rings is 1. The molecule has 0 N–H and O–H groups in total. The summed E-state index contributed by atoms with van der Waals surface area (Å²) >= 11 is 7.11. The summed E-state index contributed by atoms with van der Waals surface area (Å²) in [4.78, 5) is 14.8. The van der Waals surface area contributed by atoms with Gasteiger partial charge in [0.05, 0.1) is 0 Å². The van der Waals surface area contributed by atoms with Gasteiger partial charge in [-0.05, 0) is 25.0 Å². The Morgan fingerprint density at radius 1 is 1.56 bits per heavy atom. The Kier molecular flexibility index (Phi) is 5.56. The van der Waals surface area contributed by atoms with Crippen molar-refractivity contribution >= 4 is 34.6 Å². The first-order valence-electron chi connectivity index (χ1n) is 5.02. The van der Waals surface area contributed by atoms with Crippen molar-refractivity contribution in [1.29, 1.82) is 0 Å². The molecule has 0 saturated heterocycles. The average molecular weight is 256 g/mol. The number of carbonyl (C=O) groups is 1. The third-order valence-electron chi connectivity index (χ3n) is 1.98. The minimum Gasteiger partial charge on any atom is -0.288 e. The summed E-state index contributed by atoms with van der Waals surface area (Å²) in [5, 5.41) is 0.680. The lowest BCUT2D eigenvalue weighted by Crippen LogP contribution is -1.87. The van der Waals surface area contributed by atoms with E-state index in [2.05, 4.69) is 4.98 Å². The van der Waals surface area contributed by atoms with Crippen molar-refractivity contribution in [3.05, 3.63) is 34.6 Å². The van der Waals surface area contributed by atoms with Crippen LogP contribution in [-0.4, -0.2) is 15.9 Å². The van der Waals surface area contributed by atoms with Gasteiger partial charge >= 0.3 is 0 Å².